The Labute approximate surface area is 125 Å². The second kappa shape index (κ2) is 6.48. The largest absolute Gasteiger partial charge is 0.356 e. The van der Waals surface area contributed by atoms with Crippen molar-refractivity contribution in [3.05, 3.63) is 59.4 Å². The molecule has 0 aliphatic carbocycles. The van der Waals surface area contributed by atoms with Crippen molar-refractivity contribution >= 4 is 23.0 Å². The fraction of sp³-hybridized carbons (Fsp3) is 0.250. The highest BCUT2D eigenvalue weighted by atomic mass is 32.1. The van der Waals surface area contributed by atoms with E-state index in [0.29, 0.717) is 5.11 Å². The number of anilines is 1. The number of hydrogen-bond donors (Lipinski definition) is 2. The predicted molar refractivity (Wildman–Crippen MR) is 87.9 cm³/mol. The molecule has 0 bridgehead atoms. The highest BCUT2D eigenvalue weighted by molar-refractivity contribution is 7.80. The van der Waals surface area contributed by atoms with Crippen molar-refractivity contribution in [3.63, 3.8) is 0 Å². The van der Waals surface area contributed by atoms with Crippen LogP contribution in [0.5, 0.6) is 0 Å². The summed E-state index contributed by atoms with van der Waals surface area (Å²) < 4.78 is 0. The average molecular weight is 285 g/mol. The summed E-state index contributed by atoms with van der Waals surface area (Å²) in [5.41, 5.74) is 4.74. The van der Waals surface area contributed by atoms with E-state index in [-0.39, 0.29) is 6.04 Å². The number of hydrogen-bond acceptors (Lipinski definition) is 2. The summed E-state index contributed by atoms with van der Waals surface area (Å²) in [4.78, 5) is 3.98. The zero-order valence-electron chi connectivity index (χ0n) is 12.0. The number of aryl methyl sites for hydroxylation is 2. The highest BCUT2D eigenvalue weighted by Gasteiger charge is 2.09. The first-order valence-electron chi connectivity index (χ1n) is 6.61. The summed E-state index contributed by atoms with van der Waals surface area (Å²) in [5.74, 6) is 0. The lowest BCUT2D eigenvalue weighted by Crippen LogP contribution is -2.31. The van der Waals surface area contributed by atoms with Crippen LogP contribution in [0.2, 0.25) is 0 Å². The highest BCUT2D eigenvalue weighted by Crippen LogP contribution is 2.18. The fourth-order valence-electron chi connectivity index (χ4n) is 2.19. The van der Waals surface area contributed by atoms with E-state index in [1.54, 1.807) is 12.4 Å². The Morgan fingerprint density at radius 1 is 1.15 bits per heavy atom. The Bertz CT molecular complexity index is 596. The molecule has 1 heterocycles. The molecule has 20 heavy (non-hydrogen) atoms. The van der Waals surface area contributed by atoms with Crippen LogP contribution in [0.3, 0.4) is 0 Å². The number of aromatic nitrogens is 1. The molecular formula is C16H19N3S. The van der Waals surface area contributed by atoms with E-state index in [1.165, 1.54) is 16.7 Å². The molecule has 0 aliphatic heterocycles. The normalized spacial score (nSPS) is 11.8. The maximum Gasteiger partial charge on any atom is 0.171 e. The van der Waals surface area contributed by atoms with Crippen LogP contribution >= 0.6 is 12.2 Å². The first-order valence-corrected chi connectivity index (χ1v) is 7.02. The second-order valence-electron chi connectivity index (χ2n) is 4.92. The van der Waals surface area contributed by atoms with Gasteiger partial charge >= 0.3 is 0 Å². The minimum atomic E-state index is 0.164. The summed E-state index contributed by atoms with van der Waals surface area (Å²) in [6, 6.07) is 10.4. The smallest absolute Gasteiger partial charge is 0.171 e. The van der Waals surface area contributed by atoms with Crippen LogP contribution in [0.4, 0.5) is 5.69 Å². The minimum Gasteiger partial charge on any atom is -0.356 e. The van der Waals surface area contributed by atoms with Crippen LogP contribution < -0.4 is 10.6 Å². The van der Waals surface area contributed by atoms with Crippen molar-refractivity contribution in [3.8, 4) is 0 Å². The van der Waals surface area contributed by atoms with Gasteiger partial charge in [0.2, 0.25) is 0 Å². The number of pyridine rings is 1. The lowest BCUT2D eigenvalue weighted by Gasteiger charge is -2.19. The Hall–Kier alpha value is -1.94. The average Bonchev–Trinajstić information content (AvgIpc) is 2.39. The van der Waals surface area contributed by atoms with E-state index in [9.17, 15) is 0 Å². The van der Waals surface area contributed by atoms with Gasteiger partial charge in [0.15, 0.2) is 5.11 Å². The molecule has 0 saturated carbocycles. The van der Waals surface area contributed by atoms with E-state index in [4.69, 9.17) is 12.2 Å². The third kappa shape index (κ3) is 3.78. The van der Waals surface area contributed by atoms with Crippen molar-refractivity contribution < 1.29 is 0 Å². The van der Waals surface area contributed by atoms with Gasteiger partial charge in [-0.05, 0) is 56.2 Å². The third-order valence-electron chi connectivity index (χ3n) is 3.18. The van der Waals surface area contributed by atoms with Gasteiger partial charge in [-0.3, -0.25) is 4.98 Å². The summed E-state index contributed by atoms with van der Waals surface area (Å²) in [6.45, 7) is 6.34. The van der Waals surface area contributed by atoms with Crippen LogP contribution in [0.15, 0.2) is 42.7 Å². The number of nitrogens with one attached hydrogen (secondary N) is 2. The topological polar surface area (TPSA) is 37.0 Å². The molecule has 3 nitrogen and oxygen atoms in total. The van der Waals surface area contributed by atoms with Gasteiger partial charge in [-0.25, -0.2) is 0 Å². The van der Waals surface area contributed by atoms with Crippen molar-refractivity contribution in [2.75, 3.05) is 5.32 Å². The Morgan fingerprint density at radius 3 is 2.50 bits per heavy atom. The Kier molecular flexibility index (Phi) is 4.69. The Morgan fingerprint density at radius 2 is 1.85 bits per heavy atom. The monoisotopic (exact) mass is 285 g/mol. The van der Waals surface area contributed by atoms with Crippen molar-refractivity contribution in [1.29, 1.82) is 0 Å². The summed E-state index contributed by atoms with van der Waals surface area (Å²) in [6.07, 6.45) is 3.47. The number of thiocarbonyl (C=S) groups is 1. The van der Waals surface area contributed by atoms with Crippen LogP contribution in [-0.4, -0.2) is 10.1 Å². The van der Waals surface area contributed by atoms with E-state index >= 15 is 0 Å². The second-order valence-corrected chi connectivity index (χ2v) is 5.32. The van der Waals surface area contributed by atoms with Gasteiger partial charge in [-0.15, -0.1) is 0 Å². The van der Waals surface area contributed by atoms with Gasteiger partial charge in [0.1, 0.15) is 0 Å². The standard InChI is InChI=1S/C16H19N3S/c1-11-4-5-15(12(2)10-11)13(3)18-16(20)19-14-6-8-17-9-7-14/h4-10,13H,1-3H3,(H2,17,18,19,20)/t13-/m1/s1. The zero-order valence-corrected chi connectivity index (χ0v) is 12.8. The molecule has 2 aromatic rings. The van der Waals surface area contributed by atoms with Crippen molar-refractivity contribution in [2.24, 2.45) is 0 Å². The molecule has 1 aromatic carbocycles. The SMILES string of the molecule is Cc1ccc([C@@H](C)NC(=S)Nc2ccncc2)c(C)c1. The fourth-order valence-corrected chi connectivity index (χ4v) is 2.48. The lowest BCUT2D eigenvalue weighted by molar-refractivity contribution is 0.717. The molecule has 0 radical (unpaired) electrons. The van der Waals surface area contributed by atoms with E-state index in [0.717, 1.165) is 5.69 Å². The van der Waals surface area contributed by atoms with Crippen LogP contribution in [0, 0.1) is 13.8 Å². The van der Waals surface area contributed by atoms with E-state index in [2.05, 4.69) is 54.6 Å². The van der Waals surface area contributed by atoms with E-state index in [1.807, 2.05) is 12.1 Å². The van der Waals surface area contributed by atoms with Gasteiger partial charge < -0.3 is 10.6 Å². The van der Waals surface area contributed by atoms with Gasteiger partial charge in [-0.1, -0.05) is 23.8 Å². The number of nitrogens with zero attached hydrogens (tertiary/aromatic N) is 1. The predicted octanol–water partition coefficient (Wildman–Crippen LogP) is 3.75. The van der Waals surface area contributed by atoms with Crippen molar-refractivity contribution in [2.45, 2.75) is 26.8 Å². The van der Waals surface area contributed by atoms with Gasteiger partial charge in [-0.2, -0.15) is 0 Å². The molecule has 4 heteroatoms. The van der Waals surface area contributed by atoms with Crippen LogP contribution in [0.25, 0.3) is 0 Å². The first kappa shape index (κ1) is 14.5. The minimum absolute atomic E-state index is 0.164. The molecule has 0 spiro atoms. The molecular weight excluding hydrogens is 266 g/mol. The molecule has 0 saturated heterocycles. The third-order valence-corrected chi connectivity index (χ3v) is 3.40. The Balaban J connectivity index is 2.00. The van der Waals surface area contributed by atoms with Gasteiger partial charge in [0, 0.05) is 18.1 Å². The molecule has 0 fully saturated rings. The summed E-state index contributed by atoms with van der Waals surface area (Å²) in [7, 11) is 0. The lowest BCUT2D eigenvalue weighted by atomic mass is 10.0. The molecule has 104 valence electrons. The summed E-state index contributed by atoms with van der Waals surface area (Å²) in [5, 5.41) is 7.07. The maximum absolute atomic E-state index is 5.34. The molecule has 2 N–H and O–H groups in total. The maximum atomic E-state index is 5.34. The molecule has 0 aliphatic rings. The molecule has 2 rings (SSSR count). The molecule has 1 aromatic heterocycles. The van der Waals surface area contributed by atoms with E-state index < -0.39 is 0 Å². The number of benzene rings is 1. The molecule has 0 amide bonds. The molecule has 1 atom stereocenters. The molecule has 0 unspecified atom stereocenters. The summed E-state index contributed by atoms with van der Waals surface area (Å²) >= 11 is 5.34. The van der Waals surface area contributed by atoms with Crippen molar-refractivity contribution in [1.82, 2.24) is 10.3 Å². The number of rotatable bonds is 3. The van der Waals surface area contributed by atoms with Crippen LogP contribution in [0.1, 0.15) is 29.7 Å². The quantitative estimate of drug-likeness (QED) is 0.842. The zero-order chi connectivity index (χ0) is 14.5. The van der Waals surface area contributed by atoms with Gasteiger partial charge in [0.25, 0.3) is 0 Å². The van der Waals surface area contributed by atoms with Crippen LogP contribution in [-0.2, 0) is 0 Å². The first-order chi connectivity index (χ1) is 9.56. The van der Waals surface area contributed by atoms with Gasteiger partial charge in [0.05, 0.1) is 6.04 Å².